The maximum atomic E-state index is 11.5. The maximum absolute atomic E-state index is 11.5. The molecule has 19 heavy (non-hydrogen) atoms. The highest BCUT2D eigenvalue weighted by atomic mass is 16.2. The van der Waals surface area contributed by atoms with E-state index in [4.69, 9.17) is 0 Å². The van der Waals surface area contributed by atoms with Gasteiger partial charge in [-0.05, 0) is 31.0 Å². The third kappa shape index (κ3) is 1.83. The van der Waals surface area contributed by atoms with Crippen LogP contribution in [0.5, 0.6) is 0 Å². The summed E-state index contributed by atoms with van der Waals surface area (Å²) in [6.45, 7) is 4.12. The smallest absolute Gasteiger partial charge is 0.244 e. The molecule has 0 radical (unpaired) electrons. The quantitative estimate of drug-likeness (QED) is 0.751. The van der Waals surface area contributed by atoms with Crippen molar-refractivity contribution in [2.45, 2.75) is 26.7 Å². The maximum Gasteiger partial charge on any atom is 0.364 e. The average Bonchev–Trinajstić information content (AvgIpc) is 3.02. The molecule has 98 valence electrons. The van der Waals surface area contributed by atoms with E-state index in [0.29, 0.717) is 11.5 Å². The number of nitrogens with zero attached hydrogens (tertiary/aromatic N) is 5. The van der Waals surface area contributed by atoms with E-state index in [1.165, 1.54) is 4.52 Å². The van der Waals surface area contributed by atoms with Crippen LogP contribution in [-0.4, -0.2) is 29.6 Å². The first-order valence-corrected chi connectivity index (χ1v) is 6.25. The molecule has 3 rings (SSSR count). The Kier molecular flexibility index (Phi) is 2.66. The molecule has 0 aliphatic heterocycles. The zero-order chi connectivity index (χ0) is 13.4. The fraction of sp³-hybridized carbons (Fsp3) is 0.333. The van der Waals surface area contributed by atoms with E-state index in [2.05, 4.69) is 40.3 Å². The van der Waals surface area contributed by atoms with Crippen LogP contribution >= 0.6 is 0 Å². The predicted octanol–water partition coefficient (Wildman–Crippen LogP) is 0.728. The number of hydrogen-bond donors (Lipinski definition) is 1. The average molecular weight is 258 g/mol. The van der Waals surface area contributed by atoms with Crippen molar-refractivity contribution in [2.75, 3.05) is 0 Å². The molecule has 7 nitrogen and oxygen atoms in total. The molecule has 3 aromatic rings. The summed E-state index contributed by atoms with van der Waals surface area (Å²) in [4.78, 5) is 11.5. The van der Waals surface area contributed by atoms with Gasteiger partial charge >= 0.3 is 5.69 Å². The molecule has 0 saturated heterocycles. The van der Waals surface area contributed by atoms with Gasteiger partial charge in [-0.2, -0.15) is 14.7 Å². The third-order valence-electron chi connectivity index (χ3n) is 3.03. The summed E-state index contributed by atoms with van der Waals surface area (Å²) in [7, 11) is 0. The Hall–Kier alpha value is -2.44. The second kappa shape index (κ2) is 4.34. The Morgan fingerprint density at radius 3 is 2.79 bits per heavy atom. The summed E-state index contributed by atoms with van der Waals surface area (Å²) in [5.41, 5.74) is 2.23. The van der Waals surface area contributed by atoms with Crippen LogP contribution in [0.25, 0.3) is 11.5 Å². The van der Waals surface area contributed by atoms with E-state index in [0.717, 1.165) is 24.2 Å². The number of aromatic nitrogens is 6. The van der Waals surface area contributed by atoms with Gasteiger partial charge in [0.25, 0.3) is 0 Å². The molecule has 0 aromatic carbocycles. The molecule has 0 atom stereocenters. The van der Waals surface area contributed by atoms with Gasteiger partial charge in [-0.3, -0.25) is 0 Å². The van der Waals surface area contributed by atoms with Gasteiger partial charge < -0.3 is 0 Å². The fourth-order valence-corrected chi connectivity index (χ4v) is 2.00. The number of aromatic amines is 1. The van der Waals surface area contributed by atoms with Gasteiger partial charge in [0.15, 0.2) is 11.5 Å². The fourth-order valence-electron chi connectivity index (χ4n) is 2.00. The Morgan fingerprint density at radius 2 is 2.05 bits per heavy atom. The van der Waals surface area contributed by atoms with Crippen molar-refractivity contribution in [3.8, 4) is 5.82 Å². The molecule has 3 heterocycles. The van der Waals surface area contributed by atoms with E-state index in [1.807, 2.05) is 0 Å². The Labute approximate surface area is 108 Å². The van der Waals surface area contributed by atoms with Gasteiger partial charge in [0.1, 0.15) is 0 Å². The summed E-state index contributed by atoms with van der Waals surface area (Å²) in [6.07, 6.45) is 1.72. The molecular weight excluding hydrogens is 244 g/mol. The molecule has 0 spiro atoms. The summed E-state index contributed by atoms with van der Waals surface area (Å²) in [5.74, 6) is 0.618. The normalized spacial score (nSPS) is 11.3. The minimum atomic E-state index is -0.349. The van der Waals surface area contributed by atoms with Crippen LogP contribution in [0, 0.1) is 0 Å². The summed E-state index contributed by atoms with van der Waals surface area (Å²) in [6, 6.07) is 5.61. The Morgan fingerprint density at radius 1 is 1.21 bits per heavy atom. The van der Waals surface area contributed by atoms with E-state index in [-0.39, 0.29) is 5.69 Å². The molecule has 0 aliphatic carbocycles. The second-order valence-electron chi connectivity index (χ2n) is 4.24. The lowest BCUT2D eigenvalue weighted by molar-refractivity contribution is 0.735. The number of aryl methyl sites for hydroxylation is 2. The highest BCUT2D eigenvalue weighted by Crippen LogP contribution is 2.12. The van der Waals surface area contributed by atoms with E-state index in [1.54, 1.807) is 16.8 Å². The lowest BCUT2D eigenvalue weighted by Crippen LogP contribution is -2.15. The minimum absolute atomic E-state index is 0.349. The standard InChI is InChI=1S/C12H14N6O/c1-3-8-7-9(4-2)17(15-8)11-6-5-10-13-14-12(19)18(10)16-11/h5-7H,3-4H2,1-2H3,(H,14,19). The van der Waals surface area contributed by atoms with Gasteiger partial charge in [0.05, 0.1) is 5.69 Å². The molecule has 0 saturated carbocycles. The Balaban J connectivity index is 2.20. The molecule has 0 unspecified atom stereocenters. The monoisotopic (exact) mass is 258 g/mol. The Bertz CT molecular complexity index is 781. The molecule has 0 fully saturated rings. The highest BCUT2D eigenvalue weighted by molar-refractivity contribution is 5.38. The molecule has 3 aromatic heterocycles. The summed E-state index contributed by atoms with van der Waals surface area (Å²) >= 11 is 0. The second-order valence-corrected chi connectivity index (χ2v) is 4.24. The van der Waals surface area contributed by atoms with Crippen LogP contribution in [0.3, 0.4) is 0 Å². The topological polar surface area (TPSA) is 80.9 Å². The van der Waals surface area contributed by atoms with Crippen molar-refractivity contribution >= 4 is 5.65 Å². The number of fused-ring (bicyclic) bond motifs is 1. The first kappa shape index (κ1) is 11.6. The molecule has 0 amide bonds. The van der Waals surface area contributed by atoms with Crippen molar-refractivity contribution < 1.29 is 0 Å². The van der Waals surface area contributed by atoms with Gasteiger partial charge in [0, 0.05) is 5.69 Å². The lowest BCUT2D eigenvalue weighted by atomic mass is 10.2. The predicted molar refractivity (Wildman–Crippen MR) is 69.5 cm³/mol. The van der Waals surface area contributed by atoms with Crippen molar-refractivity contribution in [1.29, 1.82) is 0 Å². The molecule has 0 aliphatic rings. The minimum Gasteiger partial charge on any atom is -0.244 e. The van der Waals surface area contributed by atoms with Gasteiger partial charge in [-0.1, -0.05) is 13.8 Å². The first-order chi connectivity index (χ1) is 9.22. The van der Waals surface area contributed by atoms with Gasteiger partial charge in [-0.15, -0.1) is 5.10 Å². The van der Waals surface area contributed by atoms with Crippen LogP contribution < -0.4 is 5.69 Å². The number of H-pyrrole nitrogens is 1. The van der Waals surface area contributed by atoms with Crippen LogP contribution in [-0.2, 0) is 12.8 Å². The molecule has 7 heteroatoms. The van der Waals surface area contributed by atoms with E-state index < -0.39 is 0 Å². The molecule has 1 N–H and O–H groups in total. The number of hydrogen-bond acceptors (Lipinski definition) is 4. The SMILES string of the molecule is CCc1cc(CC)n(-c2ccc3n[nH]c(=O)n3n2)n1. The number of nitrogens with one attached hydrogen (secondary N) is 1. The van der Waals surface area contributed by atoms with Crippen LogP contribution in [0.4, 0.5) is 0 Å². The summed E-state index contributed by atoms with van der Waals surface area (Å²) < 4.78 is 3.01. The summed E-state index contributed by atoms with van der Waals surface area (Å²) in [5, 5.41) is 15.0. The third-order valence-corrected chi connectivity index (χ3v) is 3.03. The van der Waals surface area contributed by atoms with Crippen LogP contribution in [0.2, 0.25) is 0 Å². The van der Waals surface area contributed by atoms with Crippen molar-refractivity contribution in [1.82, 2.24) is 29.6 Å². The first-order valence-electron chi connectivity index (χ1n) is 6.25. The molecule has 0 bridgehead atoms. The zero-order valence-electron chi connectivity index (χ0n) is 10.8. The van der Waals surface area contributed by atoms with Crippen LogP contribution in [0.1, 0.15) is 25.2 Å². The largest absolute Gasteiger partial charge is 0.364 e. The van der Waals surface area contributed by atoms with Gasteiger partial charge in [-0.25, -0.2) is 14.6 Å². The lowest BCUT2D eigenvalue weighted by Gasteiger charge is -2.04. The van der Waals surface area contributed by atoms with Crippen molar-refractivity contribution in [3.05, 3.63) is 40.1 Å². The van der Waals surface area contributed by atoms with Crippen LogP contribution in [0.15, 0.2) is 23.0 Å². The molecular formula is C12H14N6O. The zero-order valence-corrected chi connectivity index (χ0v) is 10.8. The van der Waals surface area contributed by atoms with Crippen molar-refractivity contribution in [3.63, 3.8) is 0 Å². The van der Waals surface area contributed by atoms with Crippen molar-refractivity contribution in [2.24, 2.45) is 0 Å². The van der Waals surface area contributed by atoms with E-state index in [9.17, 15) is 4.79 Å². The van der Waals surface area contributed by atoms with E-state index >= 15 is 0 Å². The number of rotatable bonds is 3. The van der Waals surface area contributed by atoms with Gasteiger partial charge in [0.2, 0.25) is 0 Å². The highest BCUT2D eigenvalue weighted by Gasteiger charge is 2.10.